The van der Waals surface area contributed by atoms with Crippen LogP contribution < -0.4 is 10.1 Å². The van der Waals surface area contributed by atoms with Crippen LogP contribution in [0.2, 0.25) is 0 Å². The number of hydrogen-bond acceptors (Lipinski definition) is 5. The van der Waals surface area contributed by atoms with Crippen molar-refractivity contribution in [1.29, 1.82) is 0 Å². The Labute approximate surface area is 111 Å². The number of methoxy groups -OCH3 is 1. The summed E-state index contributed by atoms with van der Waals surface area (Å²) in [6.45, 7) is 4.99. The molecule has 0 fully saturated rings. The maximum atomic E-state index is 5.18. The van der Waals surface area contributed by atoms with Crippen molar-refractivity contribution >= 4 is 11.5 Å². The molecule has 1 aromatic carbocycles. The van der Waals surface area contributed by atoms with Crippen LogP contribution in [-0.2, 0) is 0 Å². The molecule has 96 valence electrons. The zero-order valence-electron chi connectivity index (χ0n) is 10.8. The molecule has 2 rings (SSSR count). The van der Waals surface area contributed by atoms with Gasteiger partial charge in [0.25, 0.3) is 0 Å². The van der Waals surface area contributed by atoms with E-state index in [-0.39, 0.29) is 6.04 Å². The Hall–Kier alpha value is -1.46. The van der Waals surface area contributed by atoms with Gasteiger partial charge < -0.3 is 10.1 Å². The normalized spacial score (nSPS) is 12.4. The van der Waals surface area contributed by atoms with Crippen LogP contribution in [0.4, 0.5) is 0 Å². The van der Waals surface area contributed by atoms with E-state index in [0.29, 0.717) is 0 Å². The summed E-state index contributed by atoms with van der Waals surface area (Å²) in [5.74, 6) is 0.869. The molecule has 1 N–H and O–H groups in total. The fourth-order valence-corrected chi connectivity index (χ4v) is 2.61. The minimum atomic E-state index is 0.154. The zero-order valence-corrected chi connectivity index (χ0v) is 11.6. The molecule has 1 aromatic heterocycles. The summed E-state index contributed by atoms with van der Waals surface area (Å²) < 4.78 is 9.19. The predicted molar refractivity (Wildman–Crippen MR) is 73.2 cm³/mol. The fraction of sp³-hybridized carbons (Fsp3) is 0.385. The molecule has 0 saturated heterocycles. The molecular formula is C13H17N3OS. The third-order valence-electron chi connectivity index (χ3n) is 2.81. The van der Waals surface area contributed by atoms with Gasteiger partial charge in [0.15, 0.2) is 0 Å². The Bertz CT molecular complexity index is 495. The van der Waals surface area contributed by atoms with Crippen LogP contribution in [-0.4, -0.2) is 23.2 Å². The third-order valence-corrected chi connectivity index (χ3v) is 3.70. The first kappa shape index (κ1) is 13.0. The number of aromatic nitrogens is 2. The smallest absolute Gasteiger partial charge is 0.118 e. The van der Waals surface area contributed by atoms with Gasteiger partial charge in [-0.25, -0.2) is 0 Å². The summed E-state index contributed by atoms with van der Waals surface area (Å²) >= 11 is 1.45. The van der Waals surface area contributed by atoms with Crippen molar-refractivity contribution in [3.63, 3.8) is 0 Å². The Morgan fingerprint density at radius 3 is 2.56 bits per heavy atom. The Kier molecular flexibility index (Phi) is 4.28. The van der Waals surface area contributed by atoms with Crippen molar-refractivity contribution in [1.82, 2.24) is 14.9 Å². The third kappa shape index (κ3) is 2.68. The van der Waals surface area contributed by atoms with Crippen molar-refractivity contribution in [3.8, 4) is 5.75 Å². The largest absolute Gasteiger partial charge is 0.497 e. The molecule has 5 heteroatoms. The quantitative estimate of drug-likeness (QED) is 0.900. The number of aryl methyl sites for hydroxylation is 1. The van der Waals surface area contributed by atoms with Crippen LogP contribution in [0.5, 0.6) is 5.75 Å². The summed E-state index contributed by atoms with van der Waals surface area (Å²) in [5, 5.41) is 7.55. The SMILES string of the molecule is CCNC(c1ccc(OC)cc1)c1snnc1C. The Morgan fingerprint density at radius 1 is 1.33 bits per heavy atom. The minimum Gasteiger partial charge on any atom is -0.497 e. The fourth-order valence-electron chi connectivity index (χ4n) is 1.86. The maximum Gasteiger partial charge on any atom is 0.118 e. The van der Waals surface area contributed by atoms with Crippen LogP contribution in [0.25, 0.3) is 0 Å². The summed E-state index contributed by atoms with van der Waals surface area (Å²) in [5.41, 5.74) is 2.19. The molecule has 1 atom stereocenters. The zero-order chi connectivity index (χ0) is 13.0. The summed E-state index contributed by atoms with van der Waals surface area (Å²) in [6.07, 6.45) is 0. The molecule has 0 amide bonds. The van der Waals surface area contributed by atoms with Crippen LogP contribution in [0.15, 0.2) is 24.3 Å². The van der Waals surface area contributed by atoms with Gasteiger partial charge in [0.05, 0.1) is 23.7 Å². The molecule has 2 aromatic rings. The van der Waals surface area contributed by atoms with Crippen LogP contribution in [0.1, 0.15) is 29.1 Å². The average molecular weight is 263 g/mol. The first-order chi connectivity index (χ1) is 8.76. The topological polar surface area (TPSA) is 47.0 Å². The van der Waals surface area contributed by atoms with Crippen molar-refractivity contribution in [2.45, 2.75) is 19.9 Å². The standard InChI is InChI=1S/C13H17N3OS/c1-4-14-12(13-9(2)15-16-18-13)10-5-7-11(17-3)8-6-10/h5-8,12,14H,4H2,1-3H3. The van der Waals surface area contributed by atoms with Gasteiger partial charge in [-0.2, -0.15) is 0 Å². The summed E-state index contributed by atoms with van der Waals surface area (Å²) in [7, 11) is 1.67. The number of nitrogens with one attached hydrogen (secondary N) is 1. The molecule has 18 heavy (non-hydrogen) atoms. The van der Waals surface area contributed by atoms with Gasteiger partial charge in [0, 0.05) is 0 Å². The second-order valence-corrected chi connectivity index (χ2v) is 4.77. The summed E-state index contributed by atoms with van der Waals surface area (Å²) in [4.78, 5) is 1.17. The molecule has 4 nitrogen and oxygen atoms in total. The second-order valence-electron chi connectivity index (χ2n) is 3.99. The van der Waals surface area contributed by atoms with Crippen molar-refractivity contribution in [2.75, 3.05) is 13.7 Å². The van der Waals surface area contributed by atoms with Crippen molar-refractivity contribution < 1.29 is 4.74 Å². The highest BCUT2D eigenvalue weighted by atomic mass is 32.1. The van der Waals surface area contributed by atoms with Crippen molar-refractivity contribution in [2.24, 2.45) is 0 Å². The number of ether oxygens (including phenoxy) is 1. The molecule has 0 saturated carbocycles. The van der Waals surface area contributed by atoms with Gasteiger partial charge in [-0.05, 0) is 42.7 Å². The highest BCUT2D eigenvalue weighted by molar-refractivity contribution is 7.05. The Morgan fingerprint density at radius 2 is 2.06 bits per heavy atom. The highest BCUT2D eigenvalue weighted by Gasteiger charge is 2.18. The molecule has 0 bridgehead atoms. The van der Waals surface area contributed by atoms with Gasteiger partial charge in [-0.1, -0.05) is 23.5 Å². The van der Waals surface area contributed by atoms with E-state index < -0.39 is 0 Å². The van der Waals surface area contributed by atoms with E-state index in [4.69, 9.17) is 4.74 Å². The van der Waals surface area contributed by atoms with E-state index in [0.717, 1.165) is 18.0 Å². The van der Waals surface area contributed by atoms with Gasteiger partial charge in [0.2, 0.25) is 0 Å². The van der Waals surface area contributed by atoms with Crippen molar-refractivity contribution in [3.05, 3.63) is 40.4 Å². The lowest BCUT2D eigenvalue weighted by Gasteiger charge is -2.17. The molecular weight excluding hydrogens is 246 g/mol. The second kappa shape index (κ2) is 5.93. The maximum absolute atomic E-state index is 5.18. The molecule has 0 aliphatic rings. The lowest BCUT2D eigenvalue weighted by Crippen LogP contribution is -2.21. The number of rotatable bonds is 5. The molecule has 0 spiro atoms. The van der Waals surface area contributed by atoms with E-state index in [1.165, 1.54) is 22.0 Å². The monoisotopic (exact) mass is 263 g/mol. The average Bonchev–Trinajstić information content (AvgIpc) is 2.82. The summed E-state index contributed by atoms with van der Waals surface area (Å²) in [6, 6.07) is 8.25. The lowest BCUT2D eigenvalue weighted by molar-refractivity contribution is 0.414. The van der Waals surface area contributed by atoms with Crippen LogP contribution in [0.3, 0.4) is 0 Å². The van der Waals surface area contributed by atoms with E-state index >= 15 is 0 Å². The molecule has 1 heterocycles. The first-order valence-electron chi connectivity index (χ1n) is 5.92. The van der Waals surface area contributed by atoms with Crippen LogP contribution >= 0.6 is 11.5 Å². The number of benzene rings is 1. The van der Waals surface area contributed by atoms with E-state index in [2.05, 4.69) is 34.0 Å². The number of nitrogens with zero attached hydrogens (tertiary/aromatic N) is 2. The predicted octanol–water partition coefficient (Wildman–Crippen LogP) is 2.55. The van der Waals surface area contributed by atoms with E-state index in [1.54, 1.807) is 7.11 Å². The molecule has 0 radical (unpaired) electrons. The van der Waals surface area contributed by atoms with E-state index in [1.807, 2.05) is 19.1 Å². The van der Waals surface area contributed by atoms with Crippen LogP contribution in [0, 0.1) is 6.92 Å². The lowest BCUT2D eigenvalue weighted by atomic mass is 10.0. The van der Waals surface area contributed by atoms with Gasteiger partial charge >= 0.3 is 0 Å². The van der Waals surface area contributed by atoms with Gasteiger partial charge in [-0.3, -0.25) is 0 Å². The Balaban J connectivity index is 2.32. The first-order valence-corrected chi connectivity index (χ1v) is 6.69. The van der Waals surface area contributed by atoms with E-state index in [9.17, 15) is 0 Å². The minimum absolute atomic E-state index is 0.154. The molecule has 0 aliphatic carbocycles. The molecule has 1 unspecified atom stereocenters. The van der Waals surface area contributed by atoms with Gasteiger partial charge in [-0.15, -0.1) is 5.10 Å². The highest BCUT2D eigenvalue weighted by Crippen LogP contribution is 2.27. The molecule has 0 aliphatic heterocycles. The van der Waals surface area contributed by atoms with Gasteiger partial charge in [0.1, 0.15) is 5.75 Å². The number of hydrogen-bond donors (Lipinski definition) is 1.